The first-order valence-electron chi connectivity index (χ1n) is 7.96. The number of halogens is 1. The Morgan fingerprint density at radius 2 is 2.08 bits per heavy atom. The maximum Gasteiger partial charge on any atom is 0.262 e. The first-order valence-corrected chi connectivity index (χ1v) is 9.15. The van der Waals surface area contributed by atoms with Crippen LogP contribution in [0.2, 0.25) is 5.02 Å². The maximum absolute atomic E-state index is 12.4. The molecule has 0 bridgehead atoms. The quantitative estimate of drug-likeness (QED) is 0.773. The molecule has 0 atom stereocenters. The molecule has 2 N–H and O–H groups in total. The zero-order valence-electron chi connectivity index (χ0n) is 13.6. The number of fused-ring (bicyclic) bond motifs is 1. The van der Waals surface area contributed by atoms with Crippen molar-refractivity contribution in [3.8, 4) is 0 Å². The van der Waals surface area contributed by atoms with E-state index in [1.54, 1.807) is 24.3 Å². The second kappa shape index (κ2) is 7.76. The average molecular weight is 373 g/mol. The molecule has 0 aromatic heterocycles. The van der Waals surface area contributed by atoms with Crippen LogP contribution in [0.4, 0.5) is 5.69 Å². The highest BCUT2D eigenvalue weighted by molar-refractivity contribution is 8.04. The Morgan fingerprint density at radius 1 is 1.28 bits per heavy atom. The number of carbonyl (C=O) groups is 2. The number of anilines is 1. The highest BCUT2D eigenvalue weighted by Crippen LogP contribution is 2.39. The predicted octanol–water partition coefficient (Wildman–Crippen LogP) is 4.57. The van der Waals surface area contributed by atoms with E-state index in [0.29, 0.717) is 27.7 Å². The molecule has 4 nitrogen and oxygen atoms in total. The standard InChI is InChI=1S/C19H17ClN2O2S/c1-2-9-21-18(23)13-7-8-16-15(10-13)22-19(24)17(25-16)11-12-5-3-4-6-14(12)20/h3-8,10-11H,2,9H2,1H3,(H,21,23)(H,22,24)/b17-11+. The van der Waals surface area contributed by atoms with Crippen molar-refractivity contribution in [2.24, 2.45) is 0 Å². The molecule has 0 unspecified atom stereocenters. The fourth-order valence-electron chi connectivity index (χ4n) is 2.38. The van der Waals surface area contributed by atoms with Gasteiger partial charge < -0.3 is 10.6 Å². The van der Waals surface area contributed by atoms with Crippen molar-refractivity contribution < 1.29 is 9.59 Å². The molecule has 0 saturated carbocycles. The highest BCUT2D eigenvalue weighted by Gasteiger charge is 2.22. The summed E-state index contributed by atoms with van der Waals surface area (Å²) in [6, 6.07) is 12.7. The van der Waals surface area contributed by atoms with E-state index in [-0.39, 0.29) is 11.8 Å². The van der Waals surface area contributed by atoms with E-state index >= 15 is 0 Å². The molecule has 6 heteroatoms. The summed E-state index contributed by atoms with van der Waals surface area (Å²) in [5, 5.41) is 6.27. The molecular weight excluding hydrogens is 356 g/mol. The number of carbonyl (C=O) groups excluding carboxylic acids is 2. The van der Waals surface area contributed by atoms with Crippen molar-refractivity contribution in [3.63, 3.8) is 0 Å². The first-order chi connectivity index (χ1) is 12.1. The van der Waals surface area contributed by atoms with Crippen LogP contribution >= 0.6 is 23.4 Å². The largest absolute Gasteiger partial charge is 0.352 e. The van der Waals surface area contributed by atoms with Gasteiger partial charge >= 0.3 is 0 Å². The van der Waals surface area contributed by atoms with Gasteiger partial charge in [-0.25, -0.2) is 0 Å². The Morgan fingerprint density at radius 3 is 2.84 bits per heavy atom. The number of hydrogen-bond acceptors (Lipinski definition) is 3. The van der Waals surface area contributed by atoms with Crippen LogP contribution in [0.1, 0.15) is 29.3 Å². The topological polar surface area (TPSA) is 58.2 Å². The van der Waals surface area contributed by atoms with Crippen molar-refractivity contribution in [1.82, 2.24) is 5.32 Å². The van der Waals surface area contributed by atoms with Gasteiger partial charge in [0.1, 0.15) is 0 Å². The van der Waals surface area contributed by atoms with Crippen molar-refractivity contribution in [2.75, 3.05) is 11.9 Å². The minimum absolute atomic E-state index is 0.138. The lowest BCUT2D eigenvalue weighted by Crippen LogP contribution is -2.24. The summed E-state index contributed by atoms with van der Waals surface area (Å²) in [4.78, 5) is 25.9. The summed E-state index contributed by atoms with van der Waals surface area (Å²) >= 11 is 7.52. The van der Waals surface area contributed by atoms with Crippen LogP contribution in [0.5, 0.6) is 0 Å². The van der Waals surface area contributed by atoms with Gasteiger partial charge in [0.2, 0.25) is 0 Å². The van der Waals surface area contributed by atoms with Gasteiger partial charge in [-0.15, -0.1) is 0 Å². The minimum Gasteiger partial charge on any atom is -0.352 e. The lowest BCUT2D eigenvalue weighted by atomic mass is 10.1. The van der Waals surface area contributed by atoms with Crippen LogP contribution in [0, 0.1) is 0 Å². The van der Waals surface area contributed by atoms with Gasteiger partial charge in [-0.05, 0) is 42.3 Å². The van der Waals surface area contributed by atoms with Crippen molar-refractivity contribution >= 4 is 46.9 Å². The Bertz CT molecular complexity index is 864. The molecule has 128 valence electrons. The van der Waals surface area contributed by atoms with Crippen molar-refractivity contribution in [3.05, 3.63) is 63.5 Å². The van der Waals surface area contributed by atoms with Gasteiger partial charge in [0.25, 0.3) is 11.8 Å². The molecule has 2 amide bonds. The maximum atomic E-state index is 12.4. The zero-order chi connectivity index (χ0) is 17.8. The second-order valence-electron chi connectivity index (χ2n) is 5.55. The summed E-state index contributed by atoms with van der Waals surface area (Å²) in [6.07, 6.45) is 2.65. The fourth-order valence-corrected chi connectivity index (χ4v) is 3.49. The molecule has 3 rings (SSSR count). The van der Waals surface area contributed by atoms with Gasteiger partial charge in [-0.1, -0.05) is 48.5 Å². The predicted molar refractivity (Wildman–Crippen MR) is 103 cm³/mol. The van der Waals surface area contributed by atoms with Crippen LogP contribution in [0.3, 0.4) is 0 Å². The third kappa shape index (κ3) is 4.06. The van der Waals surface area contributed by atoms with Crippen LogP contribution in [-0.2, 0) is 4.79 Å². The van der Waals surface area contributed by atoms with Crippen LogP contribution in [0.25, 0.3) is 6.08 Å². The molecule has 2 aromatic carbocycles. The Labute approximate surface area is 155 Å². The number of hydrogen-bond donors (Lipinski definition) is 2. The molecule has 1 aliphatic rings. The molecule has 0 aliphatic carbocycles. The Balaban J connectivity index is 1.85. The van der Waals surface area contributed by atoms with E-state index in [1.165, 1.54) is 11.8 Å². The summed E-state index contributed by atoms with van der Waals surface area (Å²) in [5.74, 6) is -0.343. The third-order valence-corrected chi connectivity index (χ3v) is 5.10. The van der Waals surface area contributed by atoms with Gasteiger partial charge in [-0.2, -0.15) is 0 Å². The molecule has 0 fully saturated rings. The van der Waals surface area contributed by atoms with Gasteiger partial charge in [0.05, 0.1) is 10.6 Å². The van der Waals surface area contributed by atoms with E-state index in [2.05, 4.69) is 10.6 Å². The van der Waals surface area contributed by atoms with E-state index in [1.807, 2.05) is 31.2 Å². The summed E-state index contributed by atoms with van der Waals surface area (Å²) < 4.78 is 0. The molecule has 1 heterocycles. The molecule has 2 aromatic rings. The van der Waals surface area contributed by atoms with Gasteiger partial charge in [0, 0.05) is 22.0 Å². The van der Waals surface area contributed by atoms with E-state index in [9.17, 15) is 9.59 Å². The average Bonchev–Trinajstić information content (AvgIpc) is 2.61. The summed E-state index contributed by atoms with van der Waals surface area (Å²) in [6.45, 7) is 2.62. The van der Waals surface area contributed by atoms with E-state index in [0.717, 1.165) is 16.9 Å². The lowest BCUT2D eigenvalue weighted by Gasteiger charge is -2.19. The normalized spacial score (nSPS) is 14.8. The SMILES string of the molecule is CCCNC(=O)c1ccc2c(c1)NC(=O)/C(=C\c1ccccc1Cl)S2. The van der Waals surface area contributed by atoms with Crippen molar-refractivity contribution in [2.45, 2.75) is 18.2 Å². The molecule has 1 aliphatic heterocycles. The first kappa shape index (κ1) is 17.6. The zero-order valence-corrected chi connectivity index (χ0v) is 15.2. The van der Waals surface area contributed by atoms with E-state index in [4.69, 9.17) is 11.6 Å². The third-order valence-electron chi connectivity index (χ3n) is 3.66. The lowest BCUT2D eigenvalue weighted by molar-refractivity contribution is -0.112. The minimum atomic E-state index is -0.205. The number of benzene rings is 2. The molecule has 0 radical (unpaired) electrons. The Kier molecular flexibility index (Phi) is 5.46. The van der Waals surface area contributed by atoms with Gasteiger partial charge in [-0.3, -0.25) is 9.59 Å². The molecular formula is C19H17ClN2O2S. The Hall–Kier alpha value is -2.24. The number of nitrogens with one attached hydrogen (secondary N) is 2. The fraction of sp³-hybridized carbons (Fsp3) is 0.158. The monoisotopic (exact) mass is 372 g/mol. The van der Waals surface area contributed by atoms with Crippen LogP contribution in [-0.4, -0.2) is 18.4 Å². The van der Waals surface area contributed by atoms with Crippen LogP contribution < -0.4 is 10.6 Å². The molecule has 0 saturated heterocycles. The summed E-state index contributed by atoms with van der Waals surface area (Å²) in [5.41, 5.74) is 1.97. The number of rotatable bonds is 4. The molecule has 0 spiro atoms. The van der Waals surface area contributed by atoms with Gasteiger partial charge in [0.15, 0.2) is 0 Å². The number of thioether (sulfide) groups is 1. The molecule has 25 heavy (non-hydrogen) atoms. The number of amides is 2. The van der Waals surface area contributed by atoms with E-state index < -0.39 is 0 Å². The summed E-state index contributed by atoms with van der Waals surface area (Å²) in [7, 11) is 0. The highest BCUT2D eigenvalue weighted by atomic mass is 35.5. The smallest absolute Gasteiger partial charge is 0.262 e. The second-order valence-corrected chi connectivity index (χ2v) is 7.04. The van der Waals surface area contributed by atoms with Crippen molar-refractivity contribution in [1.29, 1.82) is 0 Å². The van der Waals surface area contributed by atoms with Crippen LogP contribution in [0.15, 0.2) is 52.3 Å².